The maximum atomic E-state index is 12.1. The predicted octanol–water partition coefficient (Wildman–Crippen LogP) is 1.08. The van der Waals surface area contributed by atoms with Crippen molar-refractivity contribution in [3.8, 4) is 11.8 Å². The van der Waals surface area contributed by atoms with Gasteiger partial charge < -0.3 is 14.2 Å². The van der Waals surface area contributed by atoms with Crippen molar-refractivity contribution < 1.29 is 14.1 Å². The highest BCUT2D eigenvalue weighted by molar-refractivity contribution is 5.93. The van der Waals surface area contributed by atoms with Gasteiger partial charge in [0.25, 0.3) is 11.8 Å². The normalized spacial score (nSPS) is 26.0. The van der Waals surface area contributed by atoms with Gasteiger partial charge in [-0.25, -0.2) is 0 Å². The lowest BCUT2D eigenvalue weighted by Crippen LogP contribution is -2.45. The molecule has 106 valence electrons. The molecule has 2 fully saturated rings. The maximum absolute atomic E-state index is 12.1. The molecule has 1 aromatic heterocycles. The van der Waals surface area contributed by atoms with Crippen LogP contribution in [0.15, 0.2) is 4.52 Å². The SMILES string of the molecule is Cc1noc([C@H]2CN(C(=O)C#CC3CC3)C[C@@H](C)O2)n1. The Balaban J connectivity index is 1.69. The lowest BCUT2D eigenvalue weighted by Gasteiger charge is -2.34. The summed E-state index contributed by atoms with van der Waals surface area (Å²) in [7, 11) is 0. The summed E-state index contributed by atoms with van der Waals surface area (Å²) in [6.07, 6.45) is 1.78. The summed E-state index contributed by atoms with van der Waals surface area (Å²) in [6, 6.07) is 0. The monoisotopic (exact) mass is 275 g/mol. The number of hydrogen-bond acceptors (Lipinski definition) is 5. The van der Waals surface area contributed by atoms with Crippen LogP contribution in [0.5, 0.6) is 0 Å². The molecule has 0 radical (unpaired) electrons. The summed E-state index contributed by atoms with van der Waals surface area (Å²) >= 11 is 0. The number of ether oxygens (including phenoxy) is 1. The van der Waals surface area contributed by atoms with Gasteiger partial charge in [0.2, 0.25) is 0 Å². The van der Waals surface area contributed by atoms with Crippen LogP contribution in [-0.2, 0) is 9.53 Å². The first-order chi connectivity index (χ1) is 9.61. The van der Waals surface area contributed by atoms with Crippen LogP contribution >= 0.6 is 0 Å². The van der Waals surface area contributed by atoms with Crippen LogP contribution in [0.3, 0.4) is 0 Å². The van der Waals surface area contributed by atoms with Crippen molar-refractivity contribution in [3.63, 3.8) is 0 Å². The van der Waals surface area contributed by atoms with Crippen molar-refractivity contribution in [2.24, 2.45) is 5.92 Å². The largest absolute Gasteiger partial charge is 0.362 e. The highest BCUT2D eigenvalue weighted by Crippen LogP contribution is 2.27. The molecule has 0 spiro atoms. The zero-order valence-corrected chi connectivity index (χ0v) is 11.6. The maximum Gasteiger partial charge on any atom is 0.298 e. The highest BCUT2D eigenvalue weighted by Gasteiger charge is 2.32. The zero-order chi connectivity index (χ0) is 14.1. The summed E-state index contributed by atoms with van der Waals surface area (Å²) in [5.41, 5.74) is 0. The topological polar surface area (TPSA) is 68.5 Å². The first kappa shape index (κ1) is 13.1. The molecule has 1 aromatic rings. The third-order valence-corrected chi connectivity index (χ3v) is 3.33. The van der Waals surface area contributed by atoms with Gasteiger partial charge in [0.05, 0.1) is 12.6 Å². The second-order valence-corrected chi connectivity index (χ2v) is 5.37. The van der Waals surface area contributed by atoms with Crippen LogP contribution < -0.4 is 0 Å². The highest BCUT2D eigenvalue weighted by atomic mass is 16.5. The van der Waals surface area contributed by atoms with Crippen LogP contribution in [0.25, 0.3) is 0 Å². The lowest BCUT2D eigenvalue weighted by molar-refractivity contribution is -0.140. The van der Waals surface area contributed by atoms with Crippen LogP contribution in [0.2, 0.25) is 0 Å². The molecule has 0 aromatic carbocycles. The van der Waals surface area contributed by atoms with Gasteiger partial charge in [0.1, 0.15) is 0 Å². The van der Waals surface area contributed by atoms with Crippen molar-refractivity contribution in [2.75, 3.05) is 13.1 Å². The van der Waals surface area contributed by atoms with Gasteiger partial charge in [-0.3, -0.25) is 4.79 Å². The Morgan fingerprint density at radius 1 is 1.40 bits per heavy atom. The van der Waals surface area contributed by atoms with Gasteiger partial charge >= 0.3 is 0 Å². The van der Waals surface area contributed by atoms with Crippen molar-refractivity contribution in [1.29, 1.82) is 0 Å². The Labute approximate surface area is 117 Å². The van der Waals surface area contributed by atoms with E-state index in [4.69, 9.17) is 9.26 Å². The van der Waals surface area contributed by atoms with E-state index in [0.717, 1.165) is 12.8 Å². The van der Waals surface area contributed by atoms with E-state index in [1.54, 1.807) is 11.8 Å². The third kappa shape index (κ3) is 2.99. The Kier molecular flexibility index (Phi) is 3.45. The molecule has 1 saturated carbocycles. The molecule has 20 heavy (non-hydrogen) atoms. The number of rotatable bonds is 1. The number of hydrogen-bond donors (Lipinski definition) is 0. The molecule has 6 heteroatoms. The van der Waals surface area contributed by atoms with E-state index >= 15 is 0 Å². The van der Waals surface area contributed by atoms with E-state index in [2.05, 4.69) is 22.0 Å². The molecule has 0 N–H and O–H groups in total. The average molecular weight is 275 g/mol. The number of nitrogens with zero attached hydrogens (tertiary/aromatic N) is 3. The van der Waals surface area contributed by atoms with Crippen LogP contribution in [0.4, 0.5) is 0 Å². The second kappa shape index (κ2) is 5.25. The predicted molar refractivity (Wildman–Crippen MR) is 69.4 cm³/mol. The second-order valence-electron chi connectivity index (χ2n) is 5.37. The number of carbonyl (C=O) groups excluding carboxylic acids is 1. The smallest absolute Gasteiger partial charge is 0.298 e. The fourth-order valence-electron chi connectivity index (χ4n) is 2.17. The van der Waals surface area contributed by atoms with Crippen molar-refractivity contribution in [2.45, 2.75) is 38.9 Å². The number of carbonyl (C=O) groups is 1. The number of aryl methyl sites for hydroxylation is 1. The van der Waals surface area contributed by atoms with Crippen LogP contribution in [0.1, 0.15) is 37.6 Å². The van der Waals surface area contributed by atoms with Gasteiger partial charge in [-0.15, -0.1) is 0 Å². The number of aromatic nitrogens is 2. The number of amides is 1. The van der Waals surface area contributed by atoms with Gasteiger partial charge in [-0.2, -0.15) is 4.98 Å². The minimum atomic E-state index is -0.369. The minimum absolute atomic E-state index is 0.0763. The fourth-order valence-corrected chi connectivity index (χ4v) is 2.17. The van der Waals surface area contributed by atoms with Crippen LogP contribution in [-0.4, -0.2) is 40.1 Å². The Hall–Kier alpha value is -1.87. The van der Waals surface area contributed by atoms with E-state index in [9.17, 15) is 4.79 Å². The Morgan fingerprint density at radius 2 is 2.20 bits per heavy atom. The lowest BCUT2D eigenvalue weighted by atomic mass is 10.2. The molecule has 2 atom stereocenters. The molecule has 1 amide bonds. The average Bonchev–Trinajstić information content (AvgIpc) is 3.15. The van der Waals surface area contributed by atoms with Crippen molar-refractivity contribution in [3.05, 3.63) is 11.7 Å². The molecule has 6 nitrogen and oxygen atoms in total. The van der Waals surface area contributed by atoms with E-state index in [1.165, 1.54) is 0 Å². The van der Waals surface area contributed by atoms with Gasteiger partial charge in [0.15, 0.2) is 11.9 Å². The summed E-state index contributed by atoms with van der Waals surface area (Å²) in [5.74, 6) is 6.98. The van der Waals surface area contributed by atoms with Crippen molar-refractivity contribution >= 4 is 5.91 Å². The standard InChI is InChI=1S/C14H17N3O3/c1-9-7-17(13(18)6-5-11-3-4-11)8-12(19-9)14-15-10(2)16-20-14/h9,11-12H,3-4,7-8H2,1-2H3/t9-,12-/m1/s1. The first-order valence-corrected chi connectivity index (χ1v) is 6.88. The third-order valence-electron chi connectivity index (χ3n) is 3.33. The summed E-state index contributed by atoms with van der Waals surface area (Å²) in [6.45, 7) is 4.62. The molecule has 3 rings (SSSR count). The van der Waals surface area contributed by atoms with E-state index < -0.39 is 0 Å². The molecule has 1 saturated heterocycles. The Bertz CT molecular complexity index is 568. The molecule has 2 heterocycles. The summed E-state index contributed by atoms with van der Waals surface area (Å²) in [5, 5.41) is 3.76. The molecule has 1 aliphatic heterocycles. The quantitative estimate of drug-likeness (QED) is 0.717. The number of morpholine rings is 1. The molecule has 1 aliphatic carbocycles. The van der Waals surface area contributed by atoms with Gasteiger partial charge in [-0.05, 0) is 32.6 Å². The molecule has 0 unspecified atom stereocenters. The van der Waals surface area contributed by atoms with E-state index in [1.807, 2.05) is 6.92 Å². The van der Waals surface area contributed by atoms with Gasteiger partial charge in [-0.1, -0.05) is 11.1 Å². The Morgan fingerprint density at radius 3 is 2.85 bits per heavy atom. The van der Waals surface area contributed by atoms with E-state index in [-0.39, 0.29) is 18.1 Å². The molecular weight excluding hydrogens is 258 g/mol. The minimum Gasteiger partial charge on any atom is -0.362 e. The molecular formula is C14H17N3O3. The molecule has 2 aliphatic rings. The van der Waals surface area contributed by atoms with Crippen LogP contribution in [0, 0.1) is 24.7 Å². The summed E-state index contributed by atoms with van der Waals surface area (Å²) in [4.78, 5) is 18.0. The van der Waals surface area contributed by atoms with Gasteiger partial charge in [0, 0.05) is 12.5 Å². The zero-order valence-electron chi connectivity index (χ0n) is 11.6. The molecule has 0 bridgehead atoms. The first-order valence-electron chi connectivity index (χ1n) is 6.88. The van der Waals surface area contributed by atoms with Crippen molar-refractivity contribution in [1.82, 2.24) is 15.0 Å². The fraction of sp³-hybridized carbons (Fsp3) is 0.643. The summed E-state index contributed by atoms with van der Waals surface area (Å²) < 4.78 is 10.9. The van der Waals surface area contributed by atoms with E-state index in [0.29, 0.717) is 30.7 Å².